The molecule has 0 saturated heterocycles. The SMILES string of the molecule is Cc1cccc(Cc2n[nH]c3cc(O)c(C(=O)N(C)Cc4ccc(F)c(F)c4)cc23)c1. The molecule has 0 radical (unpaired) electrons. The third-order valence-electron chi connectivity index (χ3n) is 5.19. The van der Waals surface area contributed by atoms with E-state index in [0.717, 1.165) is 34.3 Å². The summed E-state index contributed by atoms with van der Waals surface area (Å²) in [5.74, 6) is -2.53. The average molecular weight is 421 g/mol. The highest BCUT2D eigenvalue weighted by atomic mass is 19.2. The number of rotatable bonds is 5. The largest absolute Gasteiger partial charge is 0.507 e. The van der Waals surface area contributed by atoms with Crippen molar-refractivity contribution in [1.82, 2.24) is 15.1 Å². The molecule has 3 aromatic carbocycles. The summed E-state index contributed by atoms with van der Waals surface area (Å²) in [6.45, 7) is 2.08. The van der Waals surface area contributed by atoms with Crippen LogP contribution in [0.3, 0.4) is 0 Å². The number of H-pyrrole nitrogens is 1. The molecule has 0 aliphatic rings. The minimum atomic E-state index is -0.971. The number of phenolic OH excluding ortho intramolecular Hbond substituents is 1. The van der Waals surface area contributed by atoms with Crippen LogP contribution < -0.4 is 0 Å². The van der Waals surface area contributed by atoms with Crippen molar-refractivity contribution in [3.8, 4) is 5.75 Å². The van der Waals surface area contributed by atoms with E-state index in [9.17, 15) is 18.7 Å². The van der Waals surface area contributed by atoms with Crippen LogP contribution in [0.25, 0.3) is 10.9 Å². The first kappa shape index (κ1) is 20.5. The molecule has 5 nitrogen and oxygen atoms in total. The van der Waals surface area contributed by atoms with Gasteiger partial charge in [0.05, 0.1) is 16.8 Å². The highest BCUT2D eigenvalue weighted by Gasteiger charge is 2.20. The summed E-state index contributed by atoms with van der Waals surface area (Å²) in [5.41, 5.74) is 4.18. The maximum absolute atomic E-state index is 13.5. The molecule has 0 spiro atoms. The lowest BCUT2D eigenvalue weighted by Gasteiger charge is -2.18. The van der Waals surface area contributed by atoms with Crippen molar-refractivity contribution in [3.05, 3.63) is 94.2 Å². The van der Waals surface area contributed by atoms with Crippen LogP contribution in [-0.2, 0) is 13.0 Å². The number of carbonyl (C=O) groups excluding carboxylic acids is 1. The Morgan fingerprint density at radius 1 is 1.06 bits per heavy atom. The Morgan fingerprint density at radius 3 is 2.61 bits per heavy atom. The molecule has 4 rings (SSSR count). The van der Waals surface area contributed by atoms with Gasteiger partial charge in [0.25, 0.3) is 5.91 Å². The molecule has 2 N–H and O–H groups in total. The van der Waals surface area contributed by atoms with Crippen molar-refractivity contribution >= 4 is 16.8 Å². The third-order valence-corrected chi connectivity index (χ3v) is 5.19. The molecule has 4 aromatic rings. The van der Waals surface area contributed by atoms with Crippen LogP contribution in [0, 0.1) is 18.6 Å². The lowest BCUT2D eigenvalue weighted by molar-refractivity contribution is 0.0782. The molecule has 0 aliphatic heterocycles. The molecule has 0 fully saturated rings. The Balaban J connectivity index is 1.62. The van der Waals surface area contributed by atoms with Crippen LogP contribution in [0.2, 0.25) is 0 Å². The quantitative estimate of drug-likeness (QED) is 0.490. The van der Waals surface area contributed by atoms with E-state index in [1.807, 2.05) is 25.1 Å². The Labute approximate surface area is 177 Å². The van der Waals surface area contributed by atoms with Gasteiger partial charge < -0.3 is 10.0 Å². The molecular formula is C24H21F2N3O2. The fourth-order valence-corrected chi connectivity index (χ4v) is 3.62. The zero-order valence-electron chi connectivity index (χ0n) is 17.1. The maximum Gasteiger partial charge on any atom is 0.257 e. The number of carbonyl (C=O) groups is 1. The van der Waals surface area contributed by atoms with E-state index in [0.29, 0.717) is 17.5 Å². The number of phenols is 1. The molecule has 7 heteroatoms. The highest BCUT2D eigenvalue weighted by molar-refractivity contribution is 6.01. The summed E-state index contributed by atoms with van der Waals surface area (Å²) < 4.78 is 26.6. The first-order chi connectivity index (χ1) is 14.8. The minimum absolute atomic E-state index is 0.0645. The van der Waals surface area contributed by atoms with E-state index >= 15 is 0 Å². The lowest BCUT2D eigenvalue weighted by atomic mass is 10.0. The number of halogens is 2. The van der Waals surface area contributed by atoms with Crippen LogP contribution in [0.4, 0.5) is 8.78 Å². The second kappa shape index (κ2) is 8.18. The van der Waals surface area contributed by atoms with Crippen molar-refractivity contribution in [2.75, 3.05) is 7.05 Å². The van der Waals surface area contributed by atoms with Crippen LogP contribution in [-0.4, -0.2) is 33.2 Å². The van der Waals surface area contributed by atoms with Crippen molar-refractivity contribution < 1.29 is 18.7 Å². The van der Waals surface area contributed by atoms with E-state index < -0.39 is 17.5 Å². The van der Waals surface area contributed by atoms with Gasteiger partial charge in [0, 0.05) is 31.5 Å². The minimum Gasteiger partial charge on any atom is -0.507 e. The second-order valence-electron chi connectivity index (χ2n) is 7.66. The van der Waals surface area contributed by atoms with Gasteiger partial charge >= 0.3 is 0 Å². The normalized spacial score (nSPS) is 11.1. The number of hydrogen-bond acceptors (Lipinski definition) is 3. The number of nitrogens with one attached hydrogen (secondary N) is 1. The smallest absolute Gasteiger partial charge is 0.257 e. The highest BCUT2D eigenvalue weighted by Crippen LogP contribution is 2.28. The first-order valence-corrected chi connectivity index (χ1v) is 9.76. The predicted molar refractivity (Wildman–Crippen MR) is 114 cm³/mol. The van der Waals surface area contributed by atoms with E-state index in [2.05, 4.69) is 16.3 Å². The van der Waals surface area contributed by atoms with E-state index in [-0.39, 0.29) is 17.9 Å². The van der Waals surface area contributed by atoms with Crippen molar-refractivity contribution in [2.45, 2.75) is 19.9 Å². The number of aromatic nitrogens is 2. The summed E-state index contributed by atoms with van der Waals surface area (Å²) in [5, 5.41) is 18.4. The monoisotopic (exact) mass is 421 g/mol. The molecule has 0 saturated carbocycles. The van der Waals surface area contributed by atoms with Crippen molar-refractivity contribution in [3.63, 3.8) is 0 Å². The molecule has 0 bridgehead atoms. The van der Waals surface area contributed by atoms with Gasteiger partial charge in [-0.15, -0.1) is 0 Å². The van der Waals surface area contributed by atoms with Gasteiger partial charge in [0.2, 0.25) is 0 Å². The zero-order valence-corrected chi connectivity index (χ0v) is 17.1. The lowest BCUT2D eigenvalue weighted by Crippen LogP contribution is -2.26. The molecule has 0 aliphatic carbocycles. The van der Waals surface area contributed by atoms with Crippen LogP contribution in [0.1, 0.15) is 32.7 Å². The molecule has 1 aromatic heterocycles. The van der Waals surface area contributed by atoms with Gasteiger partial charge in [-0.1, -0.05) is 35.9 Å². The predicted octanol–water partition coefficient (Wildman–Crippen LogP) is 4.72. The van der Waals surface area contributed by atoms with E-state index in [1.165, 1.54) is 24.1 Å². The van der Waals surface area contributed by atoms with Gasteiger partial charge in [0.15, 0.2) is 11.6 Å². The zero-order chi connectivity index (χ0) is 22.1. The third kappa shape index (κ3) is 4.26. The number of aromatic amines is 1. The van der Waals surface area contributed by atoms with Crippen molar-refractivity contribution in [1.29, 1.82) is 0 Å². The number of nitrogens with zero attached hydrogens (tertiary/aromatic N) is 2. The molecule has 31 heavy (non-hydrogen) atoms. The van der Waals surface area contributed by atoms with Gasteiger partial charge in [0.1, 0.15) is 5.75 Å². The van der Waals surface area contributed by atoms with Crippen LogP contribution in [0.15, 0.2) is 54.6 Å². The van der Waals surface area contributed by atoms with E-state index in [4.69, 9.17) is 0 Å². The molecule has 1 amide bonds. The number of hydrogen-bond donors (Lipinski definition) is 2. The molecular weight excluding hydrogens is 400 g/mol. The number of aromatic hydroxyl groups is 1. The molecule has 158 valence electrons. The summed E-state index contributed by atoms with van der Waals surface area (Å²) in [4.78, 5) is 14.3. The van der Waals surface area contributed by atoms with Gasteiger partial charge in [-0.05, 0) is 36.2 Å². The standard InChI is InChI=1S/C24H21F2N3O2/c1-14-4-3-5-15(8-14)10-21-17-11-18(23(30)12-22(17)28-27-21)24(31)29(2)13-16-6-7-19(25)20(26)9-16/h3-9,11-12,30H,10,13H2,1-2H3,(H,27,28). The van der Waals surface area contributed by atoms with Gasteiger partial charge in [-0.2, -0.15) is 5.10 Å². The fourth-order valence-electron chi connectivity index (χ4n) is 3.62. The number of amides is 1. The Kier molecular flexibility index (Phi) is 5.42. The number of fused-ring (bicyclic) bond motifs is 1. The second-order valence-corrected chi connectivity index (χ2v) is 7.66. The first-order valence-electron chi connectivity index (χ1n) is 9.76. The Hall–Kier alpha value is -3.74. The number of aryl methyl sites for hydroxylation is 1. The van der Waals surface area contributed by atoms with Crippen LogP contribution in [0.5, 0.6) is 5.75 Å². The Bertz CT molecular complexity index is 1280. The fraction of sp³-hybridized carbons (Fsp3) is 0.167. The topological polar surface area (TPSA) is 69.2 Å². The maximum atomic E-state index is 13.5. The number of benzene rings is 3. The summed E-state index contributed by atoms with van der Waals surface area (Å²) in [6.07, 6.45) is 0.574. The average Bonchev–Trinajstić information content (AvgIpc) is 3.11. The van der Waals surface area contributed by atoms with Gasteiger partial charge in [-0.3, -0.25) is 9.89 Å². The molecule has 0 unspecified atom stereocenters. The van der Waals surface area contributed by atoms with Crippen LogP contribution >= 0.6 is 0 Å². The summed E-state index contributed by atoms with van der Waals surface area (Å²) in [6, 6.07) is 14.7. The molecule has 1 heterocycles. The molecule has 0 atom stereocenters. The summed E-state index contributed by atoms with van der Waals surface area (Å²) >= 11 is 0. The van der Waals surface area contributed by atoms with Gasteiger partial charge in [-0.25, -0.2) is 8.78 Å². The van der Waals surface area contributed by atoms with E-state index in [1.54, 1.807) is 6.07 Å². The van der Waals surface area contributed by atoms with Crippen molar-refractivity contribution in [2.24, 2.45) is 0 Å². The summed E-state index contributed by atoms with van der Waals surface area (Å²) in [7, 11) is 1.54. The Morgan fingerprint density at radius 2 is 1.87 bits per heavy atom.